The number of hydrogen-bond donors (Lipinski definition) is 1. The monoisotopic (exact) mass is 530 g/mol. The number of nitrogens with one attached hydrogen (secondary N) is 1. The van der Waals surface area contributed by atoms with Gasteiger partial charge in [-0.3, -0.25) is 4.74 Å². The minimum atomic E-state index is -3.72. The maximum Gasteiger partial charge on any atom is 0.240 e. The summed E-state index contributed by atoms with van der Waals surface area (Å²) < 4.78 is 35.3. The highest BCUT2D eigenvalue weighted by atomic mass is 32.2. The van der Waals surface area contributed by atoms with Gasteiger partial charge in [-0.05, 0) is 24.5 Å². The Morgan fingerprint density at radius 3 is 1.49 bits per heavy atom. The fraction of sp³-hybridized carbons (Fsp3) is 0.226. The van der Waals surface area contributed by atoms with Gasteiger partial charge in [-0.1, -0.05) is 129 Å². The topological polar surface area (TPSA) is 58.5 Å². The molecule has 6 heteroatoms. The van der Waals surface area contributed by atoms with E-state index < -0.39 is 23.1 Å². The molecule has 4 aromatic carbocycles. The van der Waals surface area contributed by atoms with E-state index in [-0.39, 0.29) is 10.3 Å². The summed E-state index contributed by atoms with van der Waals surface area (Å²) in [5.74, 6) is 0. The van der Waals surface area contributed by atoms with Gasteiger partial charge >= 0.3 is 0 Å². The van der Waals surface area contributed by atoms with E-state index >= 15 is 0 Å². The van der Waals surface area contributed by atoms with Crippen molar-refractivity contribution in [2.75, 3.05) is 6.54 Å². The van der Waals surface area contributed by atoms with Crippen molar-refractivity contribution < 1.29 is 8.42 Å². The molecule has 1 N–H and O–H groups in total. The zero-order valence-electron chi connectivity index (χ0n) is 21.9. The van der Waals surface area contributed by atoms with E-state index in [1.54, 1.807) is 12.1 Å². The van der Waals surface area contributed by atoms with Gasteiger partial charge in [0.05, 0.1) is 18.5 Å². The van der Waals surface area contributed by atoms with Crippen molar-refractivity contribution in [2.24, 2.45) is 10.2 Å². The van der Waals surface area contributed by atoms with Gasteiger partial charge in [-0.25, -0.2) is 13.1 Å². The second-order valence-electron chi connectivity index (χ2n) is 10.3. The van der Waals surface area contributed by atoms with Crippen molar-refractivity contribution in [1.29, 1.82) is 0 Å². The van der Waals surface area contributed by atoms with E-state index in [1.807, 2.05) is 73.7 Å². The van der Waals surface area contributed by atoms with Crippen LogP contribution in [-0.2, 0) is 10.0 Å². The molecule has 1 atom stereocenters. The van der Waals surface area contributed by atoms with E-state index in [0.29, 0.717) is 6.54 Å². The summed E-state index contributed by atoms with van der Waals surface area (Å²) in [5, 5.41) is 3.42. The van der Waals surface area contributed by atoms with Crippen molar-refractivity contribution in [2.45, 2.75) is 38.6 Å². The lowest BCUT2D eigenvalue weighted by Gasteiger charge is -2.33. The molecule has 0 aliphatic carbocycles. The summed E-state index contributed by atoms with van der Waals surface area (Å²) in [4.78, 5) is 0.266. The second-order valence-corrected chi connectivity index (χ2v) is 15.1. The third-order valence-electron chi connectivity index (χ3n) is 6.54. The fourth-order valence-electron chi connectivity index (χ4n) is 4.29. The Kier molecular flexibility index (Phi) is 8.18. The molecule has 0 radical (unpaired) electrons. The van der Waals surface area contributed by atoms with Gasteiger partial charge in [0.1, 0.15) is 0 Å². The number of aryl methyl sites for hydroxylation is 1. The average molecular weight is 531 g/mol. The Bertz CT molecular complexity index is 1360. The van der Waals surface area contributed by atoms with Crippen LogP contribution in [0.4, 0.5) is 0 Å². The standard InChI is InChI=1S/C31H35N2O2PS/c1-25-20-22-29(23-21-25)37(34,35)33-30(31(2,3)4)24-32-36(26-14-8-5-9-15-26,27-16-10-6-11-17-27)28-18-12-7-13-19-28/h5-23,30,33H,24H2,1-4H3/t30-/m0/s1. The smallest absolute Gasteiger partial charge is 0.240 e. The Morgan fingerprint density at radius 2 is 1.11 bits per heavy atom. The van der Waals surface area contributed by atoms with Crippen LogP contribution in [0.3, 0.4) is 0 Å². The molecule has 0 heterocycles. The highest BCUT2D eigenvalue weighted by molar-refractivity contribution is 7.89. The van der Waals surface area contributed by atoms with Gasteiger partial charge in [0, 0.05) is 22.0 Å². The quantitative estimate of drug-likeness (QED) is 0.290. The second kappa shape index (κ2) is 11.2. The first-order chi connectivity index (χ1) is 17.6. The van der Waals surface area contributed by atoms with Gasteiger partial charge in [-0.15, -0.1) is 0 Å². The van der Waals surface area contributed by atoms with E-state index in [9.17, 15) is 8.42 Å². The summed E-state index contributed by atoms with van der Waals surface area (Å²) in [5.41, 5.74) is 0.658. The van der Waals surface area contributed by atoms with Gasteiger partial charge in [0.15, 0.2) is 0 Å². The first-order valence-corrected chi connectivity index (χ1v) is 15.7. The molecule has 192 valence electrons. The SMILES string of the molecule is Cc1ccc(S(=O)(=O)N[C@@H](CN=P(c2ccccc2)(c2ccccc2)c2ccccc2)C(C)(C)C)cc1. The molecule has 4 rings (SSSR count). The largest absolute Gasteiger partial charge is 0.288 e. The van der Waals surface area contributed by atoms with E-state index in [0.717, 1.165) is 21.5 Å². The first kappa shape index (κ1) is 27.1. The van der Waals surface area contributed by atoms with E-state index in [4.69, 9.17) is 4.74 Å². The molecule has 0 spiro atoms. The van der Waals surface area contributed by atoms with Crippen LogP contribution < -0.4 is 20.6 Å². The van der Waals surface area contributed by atoms with Crippen LogP contribution >= 0.6 is 7.05 Å². The van der Waals surface area contributed by atoms with Crippen LogP contribution in [-0.4, -0.2) is 21.0 Å². The molecule has 37 heavy (non-hydrogen) atoms. The number of hydrogen-bond acceptors (Lipinski definition) is 3. The van der Waals surface area contributed by atoms with Crippen LogP contribution in [0.5, 0.6) is 0 Å². The Hall–Kier alpha value is -2.98. The Labute approximate surface area is 221 Å². The number of rotatable bonds is 8. The molecule has 0 aromatic heterocycles. The molecule has 0 aliphatic heterocycles. The van der Waals surface area contributed by atoms with Crippen molar-refractivity contribution in [3.63, 3.8) is 0 Å². The molecule has 0 fully saturated rings. The third kappa shape index (κ3) is 6.13. The summed E-state index contributed by atoms with van der Waals surface area (Å²) in [6.07, 6.45) is 0. The highest BCUT2D eigenvalue weighted by Gasteiger charge is 2.32. The van der Waals surface area contributed by atoms with Crippen LogP contribution in [0, 0.1) is 12.3 Å². The molecule has 0 aliphatic rings. The Morgan fingerprint density at radius 1 is 0.703 bits per heavy atom. The average Bonchev–Trinajstić information content (AvgIpc) is 2.90. The van der Waals surface area contributed by atoms with Crippen LogP contribution in [0.15, 0.2) is 125 Å². The van der Waals surface area contributed by atoms with Crippen molar-refractivity contribution in [3.8, 4) is 0 Å². The van der Waals surface area contributed by atoms with Crippen LogP contribution in [0.2, 0.25) is 0 Å². The molecule has 0 saturated carbocycles. The predicted octanol–water partition coefficient (Wildman–Crippen LogP) is 5.87. The molecule has 0 bridgehead atoms. The third-order valence-corrected chi connectivity index (χ3v) is 11.8. The fourth-order valence-corrected chi connectivity index (χ4v) is 9.32. The van der Waals surface area contributed by atoms with Gasteiger partial charge in [0.25, 0.3) is 0 Å². The van der Waals surface area contributed by atoms with Crippen LogP contribution in [0.1, 0.15) is 26.3 Å². The Balaban J connectivity index is 1.88. The lowest BCUT2D eigenvalue weighted by molar-refractivity contribution is 0.305. The summed E-state index contributed by atoms with van der Waals surface area (Å²) in [7, 11) is -6.15. The first-order valence-electron chi connectivity index (χ1n) is 12.5. The molecular weight excluding hydrogens is 495 g/mol. The minimum absolute atomic E-state index is 0.266. The maximum absolute atomic E-state index is 13.4. The maximum atomic E-state index is 13.4. The van der Waals surface area contributed by atoms with Gasteiger partial charge in [0.2, 0.25) is 10.0 Å². The van der Waals surface area contributed by atoms with Crippen molar-refractivity contribution >= 4 is 33.0 Å². The summed E-state index contributed by atoms with van der Waals surface area (Å²) in [6.45, 7) is 8.44. The lowest BCUT2D eigenvalue weighted by Crippen LogP contribution is -2.46. The normalized spacial score (nSPS) is 13.2. The molecule has 4 aromatic rings. The summed E-state index contributed by atoms with van der Waals surface area (Å²) in [6, 6.07) is 37.7. The lowest BCUT2D eigenvalue weighted by atomic mass is 9.88. The van der Waals surface area contributed by atoms with E-state index in [2.05, 4.69) is 61.9 Å². The number of nitrogens with zero attached hydrogens (tertiary/aromatic N) is 1. The zero-order valence-corrected chi connectivity index (χ0v) is 23.6. The predicted molar refractivity (Wildman–Crippen MR) is 157 cm³/mol. The number of sulfonamides is 1. The molecule has 0 saturated heterocycles. The van der Waals surface area contributed by atoms with E-state index in [1.165, 1.54) is 0 Å². The minimum Gasteiger partial charge on any atom is -0.288 e. The molecule has 4 nitrogen and oxygen atoms in total. The number of benzene rings is 4. The van der Waals surface area contributed by atoms with Gasteiger partial charge in [-0.2, -0.15) is 0 Å². The van der Waals surface area contributed by atoms with Gasteiger partial charge < -0.3 is 0 Å². The van der Waals surface area contributed by atoms with Crippen molar-refractivity contribution in [1.82, 2.24) is 4.72 Å². The zero-order chi connectivity index (χ0) is 26.5. The highest BCUT2D eigenvalue weighted by Crippen LogP contribution is 2.46. The van der Waals surface area contributed by atoms with Crippen molar-refractivity contribution in [3.05, 3.63) is 121 Å². The van der Waals surface area contributed by atoms with Crippen LogP contribution in [0.25, 0.3) is 0 Å². The molecule has 0 amide bonds. The molecule has 0 unspecified atom stereocenters. The molecular formula is C31H35N2O2PS. The summed E-state index contributed by atoms with van der Waals surface area (Å²) >= 11 is 0.